The second-order valence-corrected chi connectivity index (χ2v) is 6.83. The zero-order chi connectivity index (χ0) is 15.3. The number of aliphatic hydroxyl groups excluding tert-OH is 1. The van der Waals surface area contributed by atoms with E-state index in [0.717, 1.165) is 17.7 Å². The molecule has 116 valence electrons. The summed E-state index contributed by atoms with van der Waals surface area (Å²) < 4.78 is 0. The number of carbonyl (C=O) groups excluding carboxylic acids is 1. The zero-order valence-corrected chi connectivity index (χ0v) is 13.3. The molecule has 1 fully saturated rings. The topological polar surface area (TPSA) is 61.4 Å². The molecule has 1 aromatic rings. The van der Waals surface area contributed by atoms with Crippen molar-refractivity contribution in [2.75, 3.05) is 13.1 Å². The van der Waals surface area contributed by atoms with Crippen LogP contribution in [0.1, 0.15) is 48.5 Å². The number of aliphatic hydroxyl groups is 1. The highest BCUT2D eigenvalue weighted by Crippen LogP contribution is 2.44. The van der Waals surface area contributed by atoms with Crippen molar-refractivity contribution in [2.45, 2.75) is 44.1 Å². The van der Waals surface area contributed by atoms with Gasteiger partial charge in [0.25, 0.3) is 0 Å². The largest absolute Gasteiger partial charge is 0.388 e. The van der Waals surface area contributed by atoms with Gasteiger partial charge in [-0.05, 0) is 31.9 Å². The normalized spacial score (nSPS) is 18.2. The maximum Gasteiger partial charge on any atom is 0.315 e. The molecule has 0 radical (unpaired) electrons. The molecule has 3 N–H and O–H groups in total. The van der Waals surface area contributed by atoms with E-state index in [-0.39, 0.29) is 11.4 Å². The molecule has 1 atom stereocenters. The van der Waals surface area contributed by atoms with Crippen LogP contribution in [0.5, 0.6) is 0 Å². The van der Waals surface area contributed by atoms with Crippen LogP contribution in [0.4, 0.5) is 4.79 Å². The summed E-state index contributed by atoms with van der Waals surface area (Å²) in [6.45, 7) is 6.50. The van der Waals surface area contributed by atoms with E-state index in [4.69, 9.17) is 0 Å². The molecule has 21 heavy (non-hydrogen) atoms. The van der Waals surface area contributed by atoms with E-state index >= 15 is 0 Å². The van der Waals surface area contributed by atoms with Crippen molar-refractivity contribution in [1.29, 1.82) is 0 Å². The smallest absolute Gasteiger partial charge is 0.315 e. The van der Waals surface area contributed by atoms with E-state index in [0.29, 0.717) is 13.1 Å². The Morgan fingerprint density at radius 1 is 1.48 bits per heavy atom. The Morgan fingerprint density at radius 3 is 2.76 bits per heavy atom. The molecule has 5 heteroatoms. The van der Waals surface area contributed by atoms with Crippen molar-refractivity contribution in [1.82, 2.24) is 10.6 Å². The Bertz CT molecular complexity index is 490. The van der Waals surface area contributed by atoms with Crippen LogP contribution in [-0.4, -0.2) is 24.2 Å². The number of hydrogen-bond donors (Lipinski definition) is 3. The van der Waals surface area contributed by atoms with Gasteiger partial charge in [0, 0.05) is 28.3 Å². The van der Waals surface area contributed by atoms with Crippen LogP contribution in [0.15, 0.2) is 24.8 Å². The maximum atomic E-state index is 11.7. The fraction of sp³-hybridized carbons (Fsp3) is 0.562. The van der Waals surface area contributed by atoms with Crippen LogP contribution in [0.3, 0.4) is 0 Å². The standard InChI is InChI=1S/C16H24N2O2S/c1-3-10-17-15(20)18-11-16(8-4-5-9-16)14-7-6-13(21-14)12(2)19/h3,6-7,12,19H,1,4-5,8-11H2,2H3,(H2,17,18,20). The fourth-order valence-corrected chi connectivity index (χ4v) is 4.09. The summed E-state index contributed by atoms with van der Waals surface area (Å²) in [6, 6.07) is 3.97. The van der Waals surface area contributed by atoms with Crippen LogP contribution in [0, 0.1) is 0 Å². The lowest BCUT2D eigenvalue weighted by atomic mass is 9.84. The summed E-state index contributed by atoms with van der Waals surface area (Å²) in [5.74, 6) is 0. The highest BCUT2D eigenvalue weighted by atomic mass is 32.1. The van der Waals surface area contributed by atoms with Crippen LogP contribution < -0.4 is 10.6 Å². The number of nitrogens with one attached hydrogen (secondary N) is 2. The Balaban J connectivity index is 2.05. The third kappa shape index (κ3) is 3.86. The van der Waals surface area contributed by atoms with Gasteiger partial charge in [0.15, 0.2) is 0 Å². The van der Waals surface area contributed by atoms with Gasteiger partial charge in [-0.3, -0.25) is 0 Å². The quantitative estimate of drug-likeness (QED) is 0.707. The van der Waals surface area contributed by atoms with Crippen LogP contribution >= 0.6 is 11.3 Å². The van der Waals surface area contributed by atoms with Gasteiger partial charge in [-0.1, -0.05) is 18.9 Å². The van der Waals surface area contributed by atoms with E-state index in [9.17, 15) is 9.90 Å². The summed E-state index contributed by atoms with van der Waals surface area (Å²) in [4.78, 5) is 14.0. The maximum absolute atomic E-state index is 11.7. The summed E-state index contributed by atoms with van der Waals surface area (Å²) >= 11 is 1.67. The second kappa shape index (κ2) is 7.09. The van der Waals surface area contributed by atoms with Crippen molar-refractivity contribution in [3.63, 3.8) is 0 Å². The first-order valence-electron chi connectivity index (χ1n) is 7.48. The molecule has 1 unspecified atom stereocenters. The average Bonchev–Trinajstić information content (AvgIpc) is 3.12. The van der Waals surface area contributed by atoms with E-state index < -0.39 is 6.10 Å². The molecule has 4 nitrogen and oxygen atoms in total. The fourth-order valence-electron chi connectivity index (χ4n) is 2.90. The minimum atomic E-state index is -0.425. The van der Waals surface area contributed by atoms with Gasteiger partial charge in [-0.15, -0.1) is 17.9 Å². The van der Waals surface area contributed by atoms with Crippen molar-refractivity contribution in [2.24, 2.45) is 0 Å². The Kier molecular flexibility index (Phi) is 5.42. The molecule has 1 aromatic heterocycles. The highest BCUT2D eigenvalue weighted by Gasteiger charge is 2.37. The van der Waals surface area contributed by atoms with Gasteiger partial charge in [0.2, 0.25) is 0 Å². The minimum absolute atomic E-state index is 0.0311. The first-order valence-corrected chi connectivity index (χ1v) is 8.30. The highest BCUT2D eigenvalue weighted by molar-refractivity contribution is 7.12. The average molecular weight is 308 g/mol. The van der Waals surface area contributed by atoms with E-state index in [1.807, 2.05) is 6.07 Å². The van der Waals surface area contributed by atoms with Crippen LogP contribution in [-0.2, 0) is 5.41 Å². The van der Waals surface area contributed by atoms with Crippen molar-refractivity contribution in [3.05, 3.63) is 34.5 Å². The molecule has 2 amide bonds. The monoisotopic (exact) mass is 308 g/mol. The van der Waals surface area contributed by atoms with Crippen molar-refractivity contribution < 1.29 is 9.90 Å². The first-order chi connectivity index (χ1) is 10.1. The SMILES string of the molecule is C=CCNC(=O)NCC1(c2ccc(C(C)O)s2)CCCC1. The van der Waals surface area contributed by atoms with Gasteiger partial charge in [-0.2, -0.15) is 0 Å². The number of urea groups is 1. The molecule has 1 saturated carbocycles. The van der Waals surface area contributed by atoms with Crippen molar-refractivity contribution >= 4 is 17.4 Å². The molecule has 1 heterocycles. The molecule has 2 rings (SSSR count). The van der Waals surface area contributed by atoms with E-state index in [1.54, 1.807) is 24.3 Å². The summed E-state index contributed by atoms with van der Waals surface area (Å²) in [6.07, 6.45) is 5.81. The molecule has 0 aromatic carbocycles. The van der Waals surface area contributed by atoms with Gasteiger partial charge < -0.3 is 15.7 Å². The van der Waals surface area contributed by atoms with Gasteiger partial charge in [0.1, 0.15) is 0 Å². The summed E-state index contributed by atoms with van der Waals surface area (Å²) in [5.41, 5.74) is 0.0311. The number of thiophene rings is 1. The minimum Gasteiger partial charge on any atom is -0.388 e. The molecule has 0 aliphatic heterocycles. The van der Waals surface area contributed by atoms with Crippen LogP contribution in [0.2, 0.25) is 0 Å². The lowest BCUT2D eigenvalue weighted by Gasteiger charge is -2.28. The van der Waals surface area contributed by atoms with E-state index in [2.05, 4.69) is 23.3 Å². The first kappa shape index (κ1) is 16.0. The third-order valence-corrected chi connectivity index (χ3v) is 5.62. The molecule has 1 aliphatic rings. The molecule has 0 saturated heterocycles. The van der Waals surface area contributed by atoms with Gasteiger partial charge in [-0.25, -0.2) is 4.79 Å². The predicted molar refractivity (Wildman–Crippen MR) is 86.7 cm³/mol. The second-order valence-electron chi connectivity index (χ2n) is 5.72. The van der Waals surface area contributed by atoms with E-state index in [1.165, 1.54) is 17.7 Å². The molecule has 0 bridgehead atoms. The molecular formula is C16H24N2O2S. The molecule has 0 spiro atoms. The number of hydrogen-bond acceptors (Lipinski definition) is 3. The lowest BCUT2D eigenvalue weighted by Crippen LogP contribution is -2.43. The number of amides is 2. The summed E-state index contributed by atoms with van der Waals surface area (Å²) in [7, 11) is 0. The van der Waals surface area contributed by atoms with Crippen molar-refractivity contribution in [3.8, 4) is 0 Å². The number of rotatable bonds is 6. The van der Waals surface area contributed by atoms with Crippen LogP contribution in [0.25, 0.3) is 0 Å². The Morgan fingerprint density at radius 2 is 2.19 bits per heavy atom. The van der Waals surface area contributed by atoms with Gasteiger partial charge in [0.05, 0.1) is 6.10 Å². The summed E-state index contributed by atoms with van der Waals surface area (Å²) in [5, 5.41) is 15.4. The van der Waals surface area contributed by atoms with Gasteiger partial charge >= 0.3 is 6.03 Å². The Hall–Kier alpha value is -1.33. The molecule has 1 aliphatic carbocycles. The molecular weight excluding hydrogens is 284 g/mol. The Labute approximate surface area is 130 Å². The third-order valence-electron chi connectivity index (χ3n) is 4.12. The zero-order valence-electron chi connectivity index (χ0n) is 12.5. The number of carbonyl (C=O) groups is 1. The lowest BCUT2D eigenvalue weighted by molar-refractivity contribution is 0.203. The predicted octanol–water partition coefficient (Wildman–Crippen LogP) is 3.10.